The first-order chi connectivity index (χ1) is 13.9. The van der Waals surface area contributed by atoms with E-state index >= 15 is 0 Å². The van der Waals surface area contributed by atoms with Crippen LogP contribution in [0.2, 0.25) is 0 Å². The Morgan fingerprint density at radius 2 is 1.69 bits per heavy atom. The minimum absolute atomic E-state index is 0.124. The van der Waals surface area contributed by atoms with Gasteiger partial charge in [0.2, 0.25) is 0 Å². The van der Waals surface area contributed by atoms with Gasteiger partial charge in [-0.25, -0.2) is 17.5 Å². The van der Waals surface area contributed by atoms with Crippen LogP contribution in [0.25, 0.3) is 16.8 Å². The summed E-state index contributed by atoms with van der Waals surface area (Å²) in [5.41, 5.74) is 2.62. The maximum Gasteiger partial charge on any atom is 0.166 e. The molecule has 1 aromatic heterocycles. The van der Waals surface area contributed by atoms with E-state index in [1.54, 1.807) is 17.1 Å². The summed E-state index contributed by atoms with van der Waals surface area (Å²) in [7, 11) is -2.93. The fourth-order valence-electron chi connectivity index (χ4n) is 3.28. The summed E-state index contributed by atoms with van der Waals surface area (Å²) < 4.78 is 38.6. The van der Waals surface area contributed by atoms with Gasteiger partial charge in [-0.15, -0.1) is 0 Å². The van der Waals surface area contributed by atoms with Gasteiger partial charge in [0.05, 0.1) is 29.0 Å². The summed E-state index contributed by atoms with van der Waals surface area (Å²) in [5.74, 6) is -1.23. The fraction of sp³-hybridized carbons (Fsp3) is 0.200. The molecular weight excluding hydrogens is 397 g/mol. The molecule has 1 fully saturated rings. The third kappa shape index (κ3) is 3.86. The van der Waals surface area contributed by atoms with Crippen LogP contribution in [0.3, 0.4) is 0 Å². The molecule has 29 heavy (non-hydrogen) atoms. The molecule has 3 aromatic rings. The summed E-state index contributed by atoms with van der Waals surface area (Å²) in [4.78, 5) is 13.0. The fourth-order valence-corrected chi connectivity index (χ4v) is 4.48. The minimum atomic E-state index is -2.93. The molecule has 4 rings (SSSR count). The number of halogens is 1. The number of sulfone groups is 1. The second-order valence-electron chi connectivity index (χ2n) is 6.84. The molecule has 1 N–H and O–H groups in total. The third-order valence-corrected chi connectivity index (χ3v) is 6.57. The summed E-state index contributed by atoms with van der Waals surface area (Å²) in [5, 5.41) is 13.8. The van der Waals surface area contributed by atoms with Gasteiger partial charge in [0.25, 0.3) is 0 Å². The van der Waals surface area contributed by atoms with Crippen molar-refractivity contribution in [1.29, 1.82) is 0 Å². The monoisotopic (exact) mass is 415 g/mol. The predicted octanol–water partition coefficient (Wildman–Crippen LogP) is 2.43. The summed E-state index contributed by atoms with van der Waals surface area (Å²) in [6.45, 7) is 0.943. The normalized spacial score (nSPS) is 16.0. The van der Waals surface area contributed by atoms with Crippen LogP contribution in [-0.2, 0) is 9.84 Å². The second kappa shape index (κ2) is 7.32. The predicted molar refractivity (Wildman–Crippen MR) is 107 cm³/mol. The van der Waals surface area contributed by atoms with Gasteiger partial charge in [-0.1, -0.05) is 0 Å². The minimum Gasteiger partial charge on any atom is -0.504 e. The van der Waals surface area contributed by atoms with E-state index < -0.39 is 21.4 Å². The first-order valence-electron chi connectivity index (χ1n) is 8.95. The van der Waals surface area contributed by atoms with Gasteiger partial charge in [-0.3, -0.25) is 4.79 Å². The van der Waals surface area contributed by atoms with Gasteiger partial charge in [0.1, 0.15) is 0 Å². The zero-order valence-electron chi connectivity index (χ0n) is 15.3. The second-order valence-corrected chi connectivity index (χ2v) is 9.15. The molecule has 150 valence electrons. The molecule has 0 spiro atoms. The highest BCUT2D eigenvalue weighted by atomic mass is 32.2. The Morgan fingerprint density at radius 3 is 2.34 bits per heavy atom. The van der Waals surface area contributed by atoms with E-state index in [1.807, 2.05) is 29.2 Å². The Balaban J connectivity index is 1.56. The zero-order valence-corrected chi connectivity index (χ0v) is 16.1. The van der Waals surface area contributed by atoms with Gasteiger partial charge >= 0.3 is 0 Å². The number of phenols is 1. The maximum absolute atomic E-state index is 13.8. The number of carbonyl (C=O) groups is 1. The molecule has 0 bridgehead atoms. The van der Waals surface area contributed by atoms with Gasteiger partial charge in [-0.2, -0.15) is 5.10 Å². The topological polar surface area (TPSA) is 92.5 Å². The molecule has 0 radical (unpaired) electrons. The SMILES string of the molecule is O=Cc1cc(-c2cnn(-c3ccc(N4CCS(=O)(=O)CC4)cc3)c2)cc(F)c1O. The van der Waals surface area contributed by atoms with Crippen molar-refractivity contribution in [3.63, 3.8) is 0 Å². The summed E-state index contributed by atoms with van der Waals surface area (Å²) >= 11 is 0. The Bertz CT molecular complexity index is 1160. The van der Waals surface area contributed by atoms with E-state index in [0.717, 1.165) is 17.4 Å². The molecule has 0 amide bonds. The number of aromatic hydroxyl groups is 1. The molecule has 9 heteroatoms. The first kappa shape index (κ1) is 19.1. The van der Waals surface area contributed by atoms with Crippen molar-refractivity contribution in [3.05, 3.63) is 60.2 Å². The number of rotatable bonds is 4. The van der Waals surface area contributed by atoms with Crippen LogP contribution in [0.1, 0.15) is 10.4 Å². The largest absolute Gasteiger partial charge is 0.504 e. The number of benzene rings is 2. The van der Waals surface area contributed by atoms with E-state index in [2.05, 4.69) is 5.10 Å². The van der Waals surface area contributed by atoms with Crippen LogP contribution in [0.5, 0.6) is 5.75 Å². The average Bonchev–Trinajstić information content (AvgIpc) is 3.20. The van der Waals surface area contributed by atoms with E-state index in [-0.39, 0.29) is 17.1 Å². The number of nitrogens with zero attached hydrogens (tertiary/aromatic N) is 3. The third-order valence-electron chi connectivity index (χ3n) is 4.96. The number of hydrogen-bond donors (Lipinski definition) is 1. The standard InChI is InChI=1S/C20H18FN3O4S/c21-19-10-14(9-15(13-25)20(19)26)16-11-22-24(12-16)18-3-1-17(2-4-18)23-5-7-29(27,28)8-6-23/h1-4,9-13,26H,5-8H2. The number of anilines is 1. The molecule has 1 aliphatic rings. The molecule has 0 aliphatic carbocycles. The molecule has 0 atom stereocenters. The van der Waals surface area contributed by atoms with Crippen molar-refractivity contribution >= 4 is 21.8 Å². The van der Waals surface area contributed by atoms with E-state index in [1.165, 1.54) is 6.07 Å². The van der Waals surface area contributed by atoms with Crippen molar-refractivity contribution in [2.45, 2.75) is 0 Å². The van der Waals surface area contributed by atoms with Crippen molar-refractivity contribution in [1.82, 2.24) is 9.78 Å². The van der Waals surface area contributed by atoms with Gasteiger partial charge in [0.15, 0.2) is 27.7 Å². The summed E-state index contributed by atoms with van der Waals surface area (Å²) in [6, 6.07) is 10.1. The van der Waals surface area contributed by atoms with Crippen molar-refractivity contribution in [2.24, 2.45) is 0 Å². The molecule has 2 heterocycles. The van der Waals surface area contributed by atoms with Gasteiger partial charge in [0, 0.05) is 30.5 Å². The Kier molecular flexibility index (Phi) is 4.83. The van der Waals surface area contributed by atoms with Crippen LogP contribution >= 0.6 is 0 Å². The Labute approximate surface area is 166 Å². The van der Waals surface area contributed by atoms with Crippen molar-refractivity contribution in [3.8, 4) is 22.6 Å². The van der Waals surface area contributed by atoms with Gasteiger partial charge < -0.3 is 10.0 Å². The number of aromatic nitrogens is 2. The molecular formula is C20H18FN3O4S. The molecule has 7 nitrogen and oxygen atoms in total. The number of phenolic OH excluding ortho intramolecular Hbond substituents is 1. The van der Waals surface area contributed by atoms with Crippen LogP contribution in [-0.4, -0.2) is 54.2 Å². The van der Waals surface area contributed by atoms with Crippen LogP contribution < -0.4 is 4.90 Å². The lowest BCUT2D eigenvalue weighted by molar-refractivity contribution is 0.112. The first-order valence-corrected chi connectivity index (χ1v) is 10.8. The highest BCUT2D eigenvalue weighted by molar-refractivity contribution is 7.91. The lowest BCUT2D eigenvalue weighted by Gasteiger charge is -2.28. The molecule has 0 saturated carbocycles. The van der Waals surface area contributed by atoms with Crippen molar-refractivity contribution < 1.29 is 22.7 Å². The number of carbonyl (C=O) groups excluding carboxylic acids is 1. The quantitative estimate of drug-likeness (QED) is 0.658. The van der Waals surface area contributed by atoms with Crippen LogP contribution in [0.15, 0.2) is 48.8 Å². The molecule has 2 aromatic carbocycles. The highest BCUT2D eigenvalue weighted by Crippen LogP contribution is 2.28. The van der Waals surface area contributed by atoms with Gasteiger partial charge in [-0.05, 0) is 42.0 Å². The Hall–Kier alpha value is -3.20. The number of hydrogen-bond acceptors (Lipinski definition) is 6. The number of aldehydes is 1. The molecule has 1 saturated heterocycles. The van der Waals surface area contributed by atoms with Crippen LogP contribution in [0.4, 0.5) is 10.1 Å². The average molecular weight is 415 g/mol. The lowest BCUT2D eigenvalue weighted by atomic mass is 10.1. The summed E-state index contributed by atoms with van der Waals surface area (Å²) in [6.07, 6.45) is 3.64. The molecule has 1 aliphatic heterocycles. The lowest BCUT2D eigenvalue weighted by Crippen LogP contribution is -2.40. The van der Waals surface area contributed by atoms with Crippen molar-refractivity contribution in [2.75, 3.05) is 29.5 Å². The van der Waals surface area contributed by atoms with E-state index in [9.17, 15) is 22.7 Å². The Morgan fingerprint density at radius 1 is 1.03 bits per heavy atom. The highest BCUT2D eigenvalue weighted by Gasteiger charge is 2.21. The molecule has 0 unspecified atom stereocenters. The van der Waals surface area contributed by atoms with Crippen LogP contribution in [0, 0.1) is 5.82 Å². The maximum atomic E-state index is 13.8. The smallest absolute Gasteiger partial charge is 0.166 e. The van der Waals surface area contributed by atoms with E-state index in [4.69, 9.17) is 0 Å². The zero-order chi connectivity index (χ0) is 20.6. The van der Waals surface area contributed by atoms with E-state index in [0.29, 0.717) is 30.5 Å².